The van der Waals surface area contributed by atoms with Gasteiger partial charge < -0.3 is 4.74 Å². The van der Waals surface area contributed by atoms with Gasteiger partial charge in [-0.15, -0.1) is 0 Å². The lowest BCUT2D eigenvalue weighted by atomic mass is 10.2. The molecule has 0 spiro atoms. The van der Waals surface area contributed by atoms with E-state index in [1.807, 2.05) is 38.1 Å². The number of nitrogens with one attached hydrogen (secondary N) is 1. The van der Waals surface area contributed by atoms with E-state index in [0.717, 1.165) is 27.6 Å². The highest BCUT2D eigenvalue weighted by Crippen LogP contribution is 2.26. The minimum absolute atomic E-state index is 0.0970. The molecule has 178 valence electrons. The molecule has 9 heteroatoms. The summed E-state index contributed by atoms with van der Waals surface area (Å²) >= 11 is 3.36. The van der Waals surface area contributed by atoms with Crippen LogP contribution in [0, 0.1) is 6.92 Å². The topological polar surface area (TPSA) is 88.1 Å². The number of hydrogen-bond acceptors (Lipinski definition) is 5. The van der Waals surface area contributed by atoms with Gasteiger partial charge in [0.15, 0.2) is 0 Å². The van der Waals surface area contributed by atoms with Crippen LogP contribution >= 0.6 is 15.9 Å². The van der Waals surface area contributed by atoms with Crippen molar-refractivity contribution in [2.75, 3.05) is 17.5 Å². The maximum absolute atomic E-state index is 13.4. The van der Waals surface area contributed by atoms with Gasteiger partial charge in [-0.2, -0.15) is 5.10 Å². The van der Waals surface area contributed by atoms with Crippen LogP contribution < -0.4 is 14.5 Å². The Morgan fingerprint density at radius 1 is 1.09 bits per heavy atom. The molecule has 0 bridgehead atoms. The van der Waals surface area contributed by atoms with E-state index in [9.17, 15) is 13.2 Å². The van der Waals surface area contributed by atoms with Crippen LogP contribution in [-0.2, 0) is 14.8 Å². The minimum Gasteiger partial charge on any atom is -0.494 e. The molecule has 0 atom stereocenters. The zero-order chi connectivity index (χ0) is 24.6. The van der Waals surface area contributed by atoms with Gasteiger partial charge >= 0.3 is 0 Å². The molecule has 7 nitrogen and oxygen atoms in total. The summed E-state index contributed by atoms with van der Waals surface area (Å²) in [6.07, 6.45) is 2.41. The summed E-state index contributed by atoms with van der Waals surface area (Å²) in [5.74, 6) is 0.184. The normalized spacial score (nSPS) is 11.4. The second-order valence-electron chi connectivity index (χ2n) is 7.52. The molecule has 0 aliphatic rings. The van der Waals surface area contributed by atoms with Crippen LogP contribution in [0.25, 0.3) is 0 Å². The average Bonchev–Trinajstić information content (AvgIpc) is 2.82. The van der Waals surface area contributed by atoms with E-state index in [1.165, 1.54) is 18.3 Å². The summed E-state index contributed by atoms with van der Waals surface area (Å²) in [6.45, 7) is 4.12. The average molecular weight is 544 g/mol. The Morgan fingerprint density at radius 3 is 2.44 bits per heavy atom. The first-order valence-corrected chi connectivity index (χ1v) is 12.9. The van der Waals surface area contributed by atoms with Gasteiger partial charge in [-0.1, -0.05) is 46.6 Å². The standard InChI is InChI=1S/C25H26BrN3O4S/c1-3-15-33-23-11-9-20(10-12-23)17-27-28-25(30)18-29(22-6-4-5-21(26)16-22)34(31,32)24-13-7-19(2)8-14-24/h4-14,16-17H,3,15,18H2,1-2H3,(H,28,30)/b27-17-. The van der Waals surface area contributed by atoms with E-state index in [2.05, 4.69) is 26.5 Å². The van der Waals surface area contributed by atoms with Crippen molar-refractivity contribution in [2.24, 2.45) is 5.10 Å². The number of anilines is 1. The number of amides is 1. The Kier molecular flexibility index (Phi) is 8.84. The van der Waals surface area contributed by atoms with Gasteiger partial charge in [-0.05, 0) is 73.5 Å². The number of aryl methyl sites for hydroxylation is 1. The molecule has 0 fully saturated rings. The molecule has 0 saturated heterocycles. The largest absolute Gasteiger partial charge is 0.494 e. The van der Waals surface area contributed by atoms with Crippen molar-refractivity contribution < 1.29 is 17.9 Å². The molecule has 1 amide bonds. The van der Waals surface area contributed by atoms with Crippen molar-refractivity contribution in [2.45, 2.75) is 25.2 Å². The number of rotatable bonds is 10. The van der Waals surface area contributed by atoms with Gasteiger partial charge in [0.2, 0.25) is 0 Å². The molecule has 0 aliphatic heterocycles. The van der Waals surface area contributed by atoms with Crippen LogP contribution in [0.1, 0.15) is 24.5 Å². The maximum atomic E-state index is 13.4. The molecule has 0 unspecified atom stereocenters. The Balaban J connectivity index is 1.75. The summed E-state index contributed by atoms with van der Waals surface area (Å²) in [4.78, 5) is 12.7. The molecule has 3 rings (SSSR count). The Bertz CT molecular complexity index is 1240. The van der Waals surface area contributed by atoms with Crippen molar-refractivity contribution in [1.29, 1.82) is 0 Å². The number of ether oxygens (including phenoxy) is 1. The fourth-order valence-corrected chi connectivity index (χ4v) is 4.80. The molecule has 3 aromatic carbocycles. The van der Waals surface area contributed by atoms with E-state index in [1.54, 1.807) is 36.4 Å². The zero-order valence-electron chi connectivity index (χ0n) is 18.9. The summed E-state index contributed by atoms with van der Waals surface area (Å²) < 4.78 is 34.0. The smallest absolute Gasteiger partial charge is 0.264 e. The van der Waals surface area contributed by atoms with Crippen LogP contribution in [-0.4, -0.2) is 33.7 Å². The zero-order valence-corrected chi connectivity index (χ0v) is 21.3. The van der Waals surface area contributed by atoms with E-state index in [-0.39, 0.29) is 4.90 Å². The lowest BCUT2D eigenvalue weighted by Crippen LogP contribution is -2.39. The third-order valence-electron chi connectivity index (χ3n) is 4.75. The van der Waals surface area contributed by atoms with Crippen molar-refractivity contribution in [3.63, 3.8) is 0 Å². The molecule has 0 saturated carbocycles. The Morgan fingerprint density at radius 2 is 1.79 bits per heavy atom. The third kappa shape index (κ3) is 6.91. The van der Waals surface area contributed by atoms with Crippen LogP contribution in [0.15, 0.2) is 87.3 Å². The molecule has 3 aromatic rings. The molecular formula is C25H26BrN3O4S. The van der Waals surface area contributed by atoms with Gasteiger partial charge in [0, 0.05) is 4.47 Å². The molecular weight excluding hydrogens is 518 g/mol. The summed E-state index contributed by atoms with van der Waals surface area (Å²) in [7, 11) is -3.99. The second kappa shape index (κ2) is 11.8. The fourth-order valence-electron chi connectivity index (χ4n) is 3.00. The van der Waals surface area contributed by atoms with E-state index in [0.29, 0.717) is 16.8 Å². The van der Waals surface area contributed by atoms with E-state index < -0.39 is 22.5 Å². The highest BCUT2D eigenvalue weighted by molar-refractivity contribution is 9.10. The van der Waals surface area contributed by atoms with Crippen LogP contribution in [0.5, 0.6) is 5.75 Å². The quantitative estimate of drug-likeness (QED) is 0.291. The molecule has 0 radical (unpaired) electrons. The molecule has 0 aromatic heterocycles. The van der Waals surface area contributed by atoms with E-state index >= 15 is 0 Å². The predicted octanol–water partition coefficient (Wildman–Crippen LogP) is 4.89. The van der Waals surface area contributed by atoms with Gasteiger partial charge in [-0.3, -0.25) is 9.10 Å². The van der Waals surface area contributed by atoms with Crippen LogP contribution in [0.3, 0.4) is 0 Å². The molecule has 0 aliphatic carbocycles. The molecule has 34 heavy (non-hydrogen) atoms. The third-order valence-corrected chi connectivity index (χ3v) is 7.03. The fraction of sp³-hybridized carbons (Fsp3) is 0.200. The number of benzene rings is 3. The summed E-state index contributed by atoms with van der Waals surface area (Å²) in [6, 6.07) is 20.5. The number of carbonyl (C=O) groups is 1. The monoisotopic (exact) mass is 543 g/mol. The predicted molar refractivity (Wildman–Crippen MR) is 138 cm³/mol. The van der Waals surface area contributed by atoms with Crippen molar-refractivity contribution in [3.05, 3.63) is 88.4 Å². The first-order valence-electron chi connectivity index (χ1n) is 10.7. The van der Waals surface area contributed by atoms with Gasteiger partial charge in [0.25, 0.3) is 15.9 Å². The first-order chi connectivity index (χ1) is 16.3. The number of hydrogen-bond donors (Lipinski definition) is 1. The van der Waals surface area contributed by atoms with Crippen molar-refractivity contribution in [3.8, 4) is 5.75 Å². The highest BCUT2D eigenvalue weighted by Gasteiger charge is 2.27. The Hall–Kier alpha value is -3.17. The number of hydrazone groups is 1. The van der Waals surface area contributed by atoms with Crippen molar-refractivity contribution in [1.82, 2.24) is 5.43 Å². The highest BCUT2D eigenvalue weighted by atomic mass is 79.9. The summed E-state index contributed by atoms with van der Waals surface area (Å²) in [5.41, 5.74) is 4.47. The van der Waals surface area contributed by atoms with Crippen molar-refractivity contribution >= 4 is 43.8 Å². The Labute approximate surface area is 208 Å². The minimum atomic E-state index is -3.99. The molecule has 1 N–H and O–H groups in total. The van der Waals surface area contributed by atoms with Gasteiger partial charge in [0.05, 0.1) is 23.4 Å². The lowest BCUT2D eigenvalue weighted by Gasteiger charge is -2.24. The number of sulfonamides is 1. The van der Waals surface area contributed by atoms with Gasteiger partial charge in [0.1, 0.15) is 12.3 Å². The van der Waals surface area contributed by atoms with Gasteiger partial charge in [-0.25, -0.2) is 13.8 Å². The first kappa shape index (κ1) is 25.5. The van der Waals surface area contributed by atoms with E-state index in [4.69, 9.17) is 4.74 Å². The SMILES string of the molecule is CCCOc1ccc(/C=N\NC(=O)CN(c2cccc(Br)c2)S(=O)(=O)c2ccc(C)cc2)cc1. The number of nitrogens with zero attached hydrogens (tertiary/aromatic N) is 2. The number of halogens is 1. The van der Waals surface area contributed by atoms with Crippen LogP contribution in [0.4, 0.5) is 5.69 Å². The van der Waals surface area contributed by atoms with Crippen LogP contribution in [0.2, 0.25) is 0 Å². The lowest BCUT2D eigenvalue weighted by molar-refractivity contribution is -0.119. The summed E-state index contributed by atoms with van der Waals surface area (Å²) in [5, 5.41) is 3.97. The maximum Gasteiger partial charge on any atom is 0.264 e. The number of carbonyl (C=O) groups excluding carboxylic acids is 1. The molecule has 0 heterocycles. The second-order valence-corrected chi connectivity index (χ2v) is 10.3.